The Labute approximate surface area is 130 Å². The van der Waals surface area contributed by atoms with Gasteiger partial charge >= 0.3 is 5.97 Å². The van der Waals surface area contributed by atoms with Crippen LogP contribution in [0.1, 0.15) is 45.9 Å². The molecule has 1 rings (SSSR count). The Bertz CT molecular complexity index is 448. The van der Waals surface area contributed by atoms with Crippen molar-refractivity contribution in [3.63, 3.8) is 0 Å². The molecule has 0 aliphatic carbocycles. The lowest BCUT2D eigenvalue weighted by atomic mass is 10.2. The van der Waals surface area contributed by atoms with Crippen molar-refractivity contribution in [3.8, 4) is 0 Å². The van der Waals surface area contributed by atoms with Crippen molar-refractivity contribution in [1.82, 2.24) is 19.7 Å². The Hall–Kier alpha value is -1.08. The van der Waals surface area contributed by atoms with Gasteiger partial charge in [0.1, 0.15) is 5.82 Å². The van der Waals surface area contributed by atoms with Crippen molar-refractivity contribution in [2.24, 2.45) is 0 Å². The molecule has 1 aromatic heterocycles. The first kappa shape index (κ1) is 18.0. The Morgan fingerprint density at radius 2 is 2.05 bits per heavy atom. The van der Waals surface area contributed by atoms with Crippen LogP contribution < -0.4 is 0 Å². The zero-order valence-corrected chi connectivity index (χ0v) is 14.2. The Balaban J connectivity index is 2.80. The number of hydrogen-bond acceptors (Lipinski definition) is 5. The molecule has 0 saturated carbocycles. The van der Waals surface area contributed by atoms with Gasteiger partial charge in [-0.1, -0.05) is 39.5 Å². The number of hydrogen-bond donors (Lipinski definition) is 1. The maximum absolute atomic E-state index is 10.7. The van der Waals surface area contributed by atoms with Gasteiger partial charge in [0, 0.05) is 19.0 Å². The third-order valence-electron chi connectivity index (χ3n) is 3.21. The molecule has 0 radical (unpaired) electrons. The lowest BCUT2D eigenvalue weighted by Crippen LogP contribution is -2.29. The van der Waals surface area contributed by atoms with Crippen LogP contribution in [0.2, 0.25) is 0 Å². The van der Waals surface area contributed by atoms with Crippen LogP contribution in [0, 0.1) is 0 Å². The second kappa shape index (κ2) is 9.04. The number of carboxylic acid groups (broad SMARTS) is 1. The predicted octanol–water partition coefficient (Wildman–Crippen LogP) is 2.31. The summed E-state index contributed by atoms with van der Waals surface area (Å²) in [7, 11) is 0. The average molecular weight is 314 g/mol. The molecule has 1 heterocycles. The van der Waals surface area contributed by atoms with E-state index in [0.29, 0.717) is 5.16 Å². The SMILES string of the molecule is CCCN(CC)CCn1c(SCC(=O)O)nnc1C(C)C. The fourth-order valence-corrected chi connectivity index (χ4v) is 2.85. The Morgan fingerprint density at radius 1 is 1.33 bits per heavy atom. The second-order valence-corrected chi connectivity index (χ2v) is 6.21. The molecule has 21 heavy (non-hydrogen) atoms. The van der Waals surface area contributed by atoms with Crippen molar-refractivity contribution < 1.29 is 9.90 Å². The van der Waals surface area contributed by atoms with E-state index in [1.54, 1.807) is 0 Å². The van der Waals surface area contributed by atoms with Gasteiger partial charge in [-0.25, -0.2) is 0 Å². The van der Waals surface area contributed by atoms with Gasteiger partial charge < -0.3 is 14.6 Å². The molecule has 6 nitrogen and oxygen atoms in total. The van der Waals surface area contributed by atoms with Crippen LogP contribution in [0.4, 0.5) is 0 Å². The largest absolute Gasteiger partial charge is 0.481 e. The van der Waals surface area contributed by atoms with Gasteiger partial charge in [-0.3, -0.25) is 4.79 Å². The molecule has 120 valence electrons. The fourth-order valence-electron chi connectivity index (χ4n) is 2.16. The van der Waals surface area contributed by atoms with Crippen molar-refractivity contribution in [2.45, 2.75) is 51.7 Å². The van der Waals surface area contributed by atoms with Crippen molar-refractivity contribution in [1.29, 1.82) is 0 Å². The van der Waals surface area contributed by atoms with Gasteiger partial charge in [-0.2, -0.15) is 0 Å². The third-order valence-corrected chi connectivity index (χ3v) is 4.17. The lowest BCUT2D eigenvalue weighted by Gasteiger charge is -2.21. The molecule has 0 aliphatic heterocycles. The summed E-state index contributed by atoms with van der Waals surface area (Å²) in [6.45, 7) is 12.3. The summed E-state index contributed by atoms with van der Waals surface area (Å²) < 4.78 is 2.07. The topological polar surface area (TPSA) is 71.2 Å². The van der Waals surface area contributed by atoms with E-state index in [9.17, 15) is 4.79 Å². The van der Waals surface area contributed by atoms with Gasteiger partial charge in [0.15, 0.2) is 5.16 Å². The molecule has 0 unspecified atom stereocenters. The minimum atomic E-state index is -0.832. The van der Waals surface area contributed by atoms with E-state index in [1.807, 2.05) is 0 Å². The van der Waals surface area contributed by atoms with E-state index >= 15 is 0 Å². The summed E-state index contributed by atoms with van der Waals surface area (Å²) in [4.78, 5) is 13.1. The summed E-state index contributed by atoms with van der Waals surface area (Å²) in [5.41, 5.74) is 0. The van der Waals surface area contributed by atoms with Gasteiger partial charge in [-0.05, 0) is 19.5 Å². The van der Waals surface area contributed by atoms with E-state index < -0.39 is 5.97 Å². The van der Waals surface area contributed by atoms with Crippen LogP contribution >= 0.6 is 11.8 Å². The van der Waals surface area contributed by atoms with Crippen LogP contribution in [0.15, 0.2) is 5.16 Å². The molecule has 0 aliphatic rings. The molecule has 7 heteroatoms. The van der Waals surface area contributed by atoms with Gasteiger partial charge in [0.25, 0.3) is 0 Å². The normalized spacial score (nSPS) is 11.5. The highest BCUT2D eigenvalue weighted by molar-refractivity contribution is 7.99. The van der Waals surface area contributed by atoms with E-state index in [0.717, 1.165) is 38.4 Å². The van der Waals surface area contributed by atoms with Crippen LogP contribution in [-0.4, -0.2) is 56.1 Å². The van der Waals surface area contributed by atoms with E-state index in [1.165, 1.54) is 11.8 Å². The molecule has 1 aromatic rings. The number of aromatic nitrogens is 3. The Kier molecular flexibility index (Phi) is 7.74. The minimum absolute atomic E-state index is 0.0165. The van der Waals surface area contributed by atoms with Crippen LogP contribution in [-0.2, 0) is 11.3 Å². The van der Waals surface area contributed by atoms with Crippen LogP contribution in [0.5, 0.6) is 0 Å². The quantitative estimate of drug-likeness (QED) is 0.668. The Morgan fingerprint density at radius 3 is 2.57 bits per heavy atom. The number of thioether (sulfide) groups is 1. The maximum Gasteiger partial charge on any atom is 0.313 e. The summed E-state index contributed by atoms with van der Waals surface area (Å²) in [5, 5.41) is 17.9. The van der Waals surface area contributed by atoms with Crippen molar-refractivity contribution in [3.05, 3.63) is 5.82 Å². The molecular weight excluding hydrogens is 288 g/mol. The summed E-state index contributed by atoms with van der Waals surface area (Å²) in [6, 6.07) is 0. The van der Waals surface area contributed by atoms with Crippen molar-refractivity contribution >= 4 is 17.7 Å². The van der Waals surface area contributed by atoms with Gasteiger partial charge in [0.2, 0.25) is 0 Å². The standard InChI is InChI=1S/C14H26N4O2S/c1-5-7-17(6-2)8-9-18-13(11(3)4)15-16-14(18)21-10-12(19)20/h11H,5-10H2,1-4H3,(H,19,20). The smallest absolute Gasteiger partial charge is 0.313 e. The summed E-state index contributed by atoms with van der Waals surface area (Å²) in [5.74, 6) is 0.387. The maximum atomic E-state index is 10.7. The number of aliphatic carboxylic acids is 1. The second-order valence-electron chi connectivity index (χ2n) is 5.26. The van der Waals surface area contributed by atoms with Crippen LogP contribution in [0.25, 0.3) is 0 Å². The summed E-state index contributed by atoms with van der Waals surface area (Å²) >= 11 is 1.24. The van der Waals surface area contributed by atoms with Crippen LogP contribution in [0.3, 0.4) is 0 Å². The monoisotopic (exact) mass is 314 g/mol. The first-order valence-electron chi connectivity index (χ1n) is 7.49. The molecular formula is C14H26N4O2S. The highest BCUT2D eigenvalue weighted by atomic mass is 32.2. The highest BCUT2D eigenvalue weighted by Gasteiger charge is 2.16. The number of nitrogens with zero attached hydrogens (tertiary/aromatic N) is 4. The van der Waals surface area contributed by atoms with E-state index in [4.69, 9.17) is 5.11 Å². The molecule has 0 spiro atoms. The average Bonchev–Trinajstić information content (AvgIpc) is 2.84. The number of carbonyl (C=O) groups is 1. The van der Waals surface area contributed by atoms with E-state index in [2.05, 4.69) is 47.4 Å². The van der Waals surface area contributed by atoms with E-state index in [-0.39, 0.29) is 11.7 Å². The zero-order valence-electron chi connectivity index (χ0n) is 13.4. The highest BCUT2D eigenvalue weighted by Crippen LogP contribution is 2.21. The molecule has 0 atom stereocenters. The third kappa shape index (κ3) is 5.67. The minimum Gasteiger partial charge on any atom is -0.481 e. The van der Waals surface area contributed by atoms with Gasteiger partial charge in [-0.15, -0.1) is 10.2 Å². The summed E-state index contributed by atoms with van der Waals surface area (Å²) in [6.07, 6.45) is 1.13. The fraction of sp³-hybridized carbons (Fsp3) is 0.786. The van der Waals surface area contributed by atoms with Crippen molar-refractivity contribution in [2.75, 3.05) is 25.4 Å². The molecule has 0 saturated heterocycles. The number of carboxylic acids is 1. The number of likely N-dealkylation sites (N-methyl/N-ethyl adjacent to an activating group) is 1. The first-order valence-corrected chi connectivity index (χ1v) is 8.48. The number of rotatable bonds is 10. The molecule has 0 amide bonds. The zero-order chi connectivity index (χ0) is 15.8. The molecule has 1 N–H and O–H groups in total. The lowest BCUT2D eigenvalue weighted by molar-refractivity contribution is -0.133. The predicted molar refractivity (Wildman–Crippen MR) is 84.9 cm³/mol. The first-order chi connectivity index (χ1) is 9.99. The molecule has 0 bridgehead atoms. The molecule has 0 aromatic carbocycles. The van der Waals surface area contributed by atoms with Gasteiger partial charge in [0.05, 0.1) is 5.75 Å². The molecule has 0 fully saturated rings.